The van der Waals surface area contributed by atoms with E-state index in [0.717, 1.165) is 5.56 Å². The average Bonchev–Trinajstić information content (AvgIpc) is 3.25. The van der Waals surface area contributed by atoms with E-state index >= 15 is 0 Å². The molecule has 0 fully saturated rings. The summed E-state index contributed by atoms with van der Waals surface area (Å²) in [7, 11) is -4.16. The maximum absolute atomic E-state index is 14.0. The minimum atomic E-state index is -4.16. The van der Waals surface area contributed by atoms with Crippen molar-refractivity contribution in [2.75, 3.05) is 6.61 Å². The second-order valence-electron chi connectivity index (χ2n) is 8.51. The fourth-order valence-corrected chi connectivity index (χ4v) is 6.03. The van der Waals surface area contributed by atoms with Crippen molar-refractivity contribution in [3.8, 4) is 0 Å². The molecule has 0 N–H and O–H groups in total. The molecule has 0 radical (unpaired) electrons. The van der Waals surface area contributed by atoms with Crippen LogP contribution in [0.2, 0.25) is 0 Å². The number of carbonyl (C=O) groups excluding carboxylic acids is 2. The molecule has 0 saturated heterocycles. The molecule has 0 unspecified atom stereocenters. The van der Waals surface area contributed by atoms with Crippen LogP contribution in [0.1, 0.15) is 40.9 Å². The molecule has 3 aromatic carbocycles. The summed E-state index contributed by atoms with van der Waals surface area (Å²) >= 11 is 0. The van der Waals surface area contributed by atoms with Crippen molar-refractivity contribution in [1.82, 2.24) is 4.31 Å². The van der Waals surface area contributed by atoms with Gasteiger partial charge in [-0.1, -0.05) is 54.1 Å². The molecule has 0 bridgehead atoms. The lowest BCUT2D eigenvalue weighted by Gasteiger charge is -2.31. The van der Waals surface area contributed by atoms with Gasteiger partial charge in [-0.15, -0.1) is 0 Å². The number of benzene rings is 3. The molecule has 36 heavy (non-hydrogen) atoms. The van der Waals surface area contributed by atoms with E-state index in [1.807, 2.05) is 6.92 Å². The van der Waals surface area contributed by atoms with Crippen LogP contribution in [0.15, 0.2) is 95.4 Å². The molecular formula is C28H26FNO5S. The van der Waals surface area contributed by atoms with Gasteiger partial charge in [0.25, 0.3) is 0 Å². The Morgan fingerprint density at radius 1 is 0.944 bits per heavy atom. The van der Waals surface area contributed by atoms with Gasteiger partial charge in [-0.25, -0.2) is 17.6 Å². The van der Waals surface area contributed by atoms with E-state index in [1.165, 1.54) is 46.8 Å². The fourth-order valence-electron chi connectivity index (χ4n) is 4.30. The molecule has 4 rings (SSSR count). The van der Waals surface area contributed by atoms with Gasteiger partial charge in [-0.3, -0.25) is 4.79 Å². The molecule has 0 amide bonds. The molecule has 1 aliphatic heterocycles. The van der Waals surface area contributed by atoms with E-state index in [-0.39, 0.29) is 34.8 Å². The zero-order valence-electron chi connectivity index (χ0n) is 19.9. The van der Waals surface area contributed by atoms with Crippen LogP contribution < -0.4 is 0 Å². The number of nitrogens with zero attached hydrogens (tertiary/aromatic N) is 1. The molecular weight excluding hydrogens is 481 g/mol. The molecule has 2 atom stereocenters. The van der Waals surface area contributed by atoms with Crippen molar-refractivity contribution < 1.29 is 27.1 Å². The number of rotatable bonds is 8. The van der Waals surface area contributed by atoms with Gasteiger partial charge in [0.15, 0.2) is 5.78 Å². The summed E-state index contributed by atoms with van der Waals surface area (Å²) in [6.07, 6.45) is 1.27. The summed E-state index contributed by atoms with van der Waals surface area (Å²) in [6.45, 7) is 3.63. The number of hydrogen-bond acceptors (Lipinski definition) is 5. The maximum Gasteiger partial charge on any atom is 0.335 e. The van der Waals surface area contributed by atoms with Gasteiger partial charge in [0, 0.05) is 12.0 Å². The Morgan fingerprint density at radius 2 is 1.58 bits per heavy atom. The second kappa shape index (κ2) is 10.6. The number of halogens is 1. The summed E-state index contributed by atoms with van der Waals surface area (Å²) in [5, 5.41) is 0. The number of ether oxygens (including phenoxy) is 1. The standard InChI is InChI=1S/C28H26FNO5S/c1-3-35-28(32)25-17-23(18-26(31)20-11-13-22(29)14-12-20)30(27(25)21-7-5-4-6-8-21)36(33,34)24-15-9-19(2)10-16-24/h4-17,23,27H,3,18H2,1-2H3/t23-,27-/m0/s1. The number of Topliss-reactive ketones (excluding diaryl/α,β-unsaturated/α-hetero) is 1. The zero-order chi connectivity index (χ0) is 25.9. The molecule has 0 spiro atoms. The molecule has 8 heteroatoms. The predicted octanol–water partition coefficient (Wildman–Crippen LogP) is 5.01. The van der Waals surface area contributed by atoms with Crippen LogP contribution in [0.4, 0.5) is 4.39 Å². The SMILES string of the molecule is CCOC(=O)C1=C[C@@H](CC(=O)c2ccc(F)cc2)N(S(=O)(=O)c2ccc(C)cc2)[C@H]1c1ccccc1. The van der Waals surface area contributed by atoms with Gasteiger partial charge in [0.2, 0.25) is 10.0 Å². The first-order valence-corrected chi connectivity index (χ1v) is 13.0. The molecule has 0 saturated carbocycles. The van der Waals surface area contributed by atoms with Crippen molar-refractivity contribution >= 4 is 21.8 Å². The molecule has 1 heterocycles. The third-order valence-electron chi connectivity index (χ3n) is 6.03. The van der Waals surface area contributed by atoms with Crippen molar-refractivity contribution in [3.63, 3.8) is 0 Å². The minimum Gasteiger partial charge on any atom is -0.463 e. The molecule has 0 aliphatic carbocycles. The molecule has 0 aromatic heterocycles. The van der Waals surface area contributed by atoms with Crippen LogP contribution in [0, 0.1) is 12.7 Å². The van der Waals surface area contributed by atoms with Crippen LogP contribution in [0.25, 0.3) is 0 Å². The lowest BCUT2D eigenvalue weighted by molar-refractivity contribution is -0.138. The summed E-state index contributed by atoms with van der Waals surface area (Å²) < 4.78 is 47.9. The van der Waals surface area contributed by atoms with Crippen LogP contribution in [-0.2, 0) is 19.6 Å². The van der Waals surface area contributed by atoms with E-state index in [0.29, 0.717) is 5.56 Å². The van der Waals surface area contributed by atoms with Gasteiger partial charge < -0.3 is 4.74 Å². The lowest BCUT2D eigenvalue weighted by atomic mass is 10.0. The highest BCUT2D eigenvalue weighted by molar-refractivity contribution is 7.89. The first-order valence-electron chi connectivity index (χ1n) is 11.5. The van der Waals surface area contributed by atoms with Crippen molar-refractivity contribution in [1.29, 1.82) is 0 Å². The highest BCUT2D eigenvalue weighted by Crippen LogP contribution is 2.42. The number of carbonyl (C=O) groups is 2. The Kier molecular flexibility index (Phi) is 7.47. The Hall–Kier alpha value is -3.62. The number of hydrogen-bond donors (Lipinski definition) is 0. The quantitative estimate of drug-likeness (QED) is 0.316. The third-order valence-corrected chi connectivity index (χ3v) is 7.94. The normalized spacial score (nSPS) is 18.0. The molecule has 6 nitrogen and oxygen atoms in total. The van der Waals surface area contributed by atoms with Crippen molar-refractivity contribution in [2.24, 2.45) is 0 Å². The topological polar surface area (TPSA) is 80.8 Å². The van der Waals surface area contributed by atoms with Gasteiger partial charge in [0.05, 0.1) is 29.2 Å². The summed E-state index contributed by atoms with van der Waals surface area (Å²) in [5.74, 6) is -1.51. The van der Waals surface area contributed by atoms with Crippen molar-refractivity contribution in [2.45, 2.75) is 37.2 Å². The molecule has 1 aliphatic rings. The number of esters is 1. The number of sulfonamides is 1. The maximum atomic E-state index is 14.0. The Balaban J connectivity index is 1.83. The highest BCUT2D eigenvalue weighted by atomic mass is 32.2. The summed E-state index contributed by atoms with van der Waals surface area (Å²) in [5.41, 5.74) is 1.86. The molecule has 186 valence electrons. The van der Waals surface area contributed by atoms with Crippen LogP contribution in [0.3, 0.4) is 0 Å². The van der Waals surface area contributed by atoms with E-state index in [1.54, 1.807) is 49.4 Å². The number of ketones is 1. The summed E-state index contributed by atoms with van der Waals surface area (Å²) in [4.78, 5) is 26.2. The van der Waals surface area contributed by atoms with Gasteiger partial charge in [0.1, 0.15) is 5.82 Å². The molecule has 3 aromatic rings. The number of aryl methyl sites for hydroxylation is 1. The second-order valence-corrected chi connectivity index (χ2v) is 10.3. The van der Waals surface area contributed by atoms with E-state index in [4.69, 9.17) is 4.74 Å². The van der Waals surface area contributed by atoms with E-state index in [9.17, 15) is 22.4 Å². The predicted molar refractivity (Wildman–Crippen MR) is 133 cm³/mol. The average molecular weight is 508 g/mol. The minimum absolute atomic E-state index is 0.0479. The summed E-state index contributed by atoms with van der Waals surface area (Å²) in [6, 6.07) is 18.3. The van der Waals surface area contributed by atoms with E-state index in [2.05, 4.69) is 0 Å². The Labute approximate surface area is 210 Å². The van der Waals surface area contributed by atoms with Crippen LogP contribution >= 0.6 is 0 Å². The fraction of sp³-hybridized carbons (Fsp3) is 0.214. The van der Waals surface area contributed by atoms with E-state index < -0.39 is 33.9 Å². The Bertz CT molecular complexity index is 1380. The first kappa shape index (κ1) is 25.5. The highest BCUT2D eigenvalue weighted by Gasteiger charge is 2.46. The zero-order valence-corrected chi connectivity index (χ0v) is 20.7. The first-order chi connectivity index (χ1) is 17.2. The largest absolute Gasteiger partial charge is 0.463 e. The smallest absolute Gasteiger partial charge is 0.335 e. The van der Waals surface area contributed by atoms with Gasteiger partial charge in [-0.2, -0.15) is 4.31 Å². The third kappa shape index (κ3) is 5.15. The van der Waals surface area contributed by atoms with Crippen molar-refractivity contribution in [3.05, 3.63) is 113 Å². The van der Waals surface area contributed by atoms with Gasteiger partial charge in [-0.05, 0) is 55.8 Å². The lowest BCUT2D eigenvalue weighted by Crippen LogP contribution is -2.40. The van der Waals surface area contributed by atoms with Crippen LogP contribution in [0.5, 0.6) is 0 Å². The monoisotopic (exact) mass is 507 g/mol. The van der Waals surface area contributed by atoms with Crippen LogP contribution in [-0.4, -0.2) is 37.1 Å². The Morgan fingerprint density at radius 3 is 2.19 bits per heavy atom. The van der Waals surface area contributed by atoms with Gasteiger partial charge >= 0.3 is 5.97 Å².